The van der Waals surface area contributed by atoms with Gasteiger partial charge in [0.1, 0.15) is 11.6 Å². The summed E-state index contributed by atoms with van der Waals surface area (Å²) in [6.45, 7) is 4.68. The lowest BCUT2D eigenvalue weighted by atomic mass is 10.1. The summed E-state index contributed by atoms with van der Waals surface area (Å²) >= 11 is 6.27. The number of aliphatic imine (C=N–C) groups is 1. The lowest BCUT2D eigenvalue weighted by molar-refractivity contribution is 0.186. The Labute approximate surface area is 176 Å². The van der Waals surface area contributed by atoms with Crippen LogP contribution in [0, 0.1) is 0 Å². The molecule has 2 unspecified atom stereocenters. The summed E-state index contributed by atoms with van der Waals surface area (Å²) in [6.07, 6.45) is 2.01. The molecule has 29 heavy (non-hydrogen) atoms. The first-order chi connectivity index (χ1) is 14.1. The van der Waals surface area contributed by atoms with Crippen LogP contribution in [0.4, 0.5) is 5.82 Å². The van der Waals surface area contributed by atoms with E-state index in [-0.39, 0.29) is 12.6 Å². The highest BCUT2D eigenvalue weighted by molar-refractivity contribution is 6.32. The minimum atomic E-state index is -0.701. The molecule has 1 aromatic carbocycles. The molecule has 1 aliphatic rings. The predicted molar refractivity (Wildman–Crippen MR) is 117 cm³/mol. The van der Waals surface area contributed by atoms with Crippen molar-refractivity contribution in [2.45, 2.75) is 25.5 Å². The molecule has 0 saturated carbocycles. The maximum atomic E-state index is 10.5. The number of ether oxygens (including phenoxy) is 1. The number of rotatable bonds is 7. The van der Waals surface area contributed by atoms with Crippen molar-refractivity contribution in [2.75, 3.05) is 38.2 Å². The number of aliphatic hydroxyl groups excluding tert-OH is 1. The van der Waals surface area contributed by atoms with Crippen molar-refractivity contribution < 1.29 is 9.84 Å². The van der Waals surface area contributed by atoms with Crippen LogP contribution in [0.2, 0.25) is 5.02 Å². The fraction of sp³-hybridized carbons (Fsp3) is 0.429. The number of hydrogen-bond acceptors (Lipinski definition) is 5. The van der Waals surface area contributed by atoms with Crippen LogP contribution in [0.3, 0.4) is 0 Å². The van der Waals surface area contributed by atoms with Gasteiger partial charge in [-0.3, -0.25) is 4.99 Å². The van der Waals surface area contributed by atoms with Crippen molar-refractivity contribution in [3.63, 3.8) is 0 Å². The van der Waals surface area contributed by atoms with Crippen molar-refractivity contribution in [2.24, 2.45) is 4.99 Å². The average molecular weight is 418 g/mol. The first-order valence-corrected chi connectivity index (χ1v) is 10.2. The van der Waals surface area contributed by atoms with Gasteiger partial charge in [-0.25, -0.2) is 4.98 Å². The Morgan fingerprint density at radius 3 is 3.03 bits per heavy atom. The number of pyridine rings is 1. The lowest BCUT2D eigenvalue weighted by Gasteiger charge is -2.20. The van der Waals surface area contributed by atoms with E-state index in [4.69, 9.17) is 16.3 Å². The number of nitrogens with one attached hydrogen (secondary N) is 2. The van der Waals surface area contributed by atoms with E-state index in [1.54, 1.807) is 13.3 Å². The highest BCUT2D eigenvalue weighted by atomic mass is 35.5. The van der Waals surface area contributed by atoms with Gasteiger partial charge >= 0.3 is 0 Å². The molecule has 1 saturated heterocycles. The second kappa shape index (κ2) is 10.3. The number of aliphatic hydroxyl groups is 1. The molecule has 0 bridgehead atoms. The fourth-order valence-corrected chi connectivity index (χ4v) is 3.57. The largest absolute Gasteiger partial charge is 0.497 e. The number of benzene rings is 1. The first kappa shape index (κ1) is 21.2. The van der Waals surface area contributed by atoms with Gasteiger partial charge in [0.15, 0.2) is 5.96 Å². The number of hydrogen-bond donors (Lipinski definition) is 3. The van der Waals surface area contributed by atoms with E-state index >= 15 is 0 Å². The van der Waals surface area contributed by atoms with Gasteiger partial charge in [0.05, 0.1) is 24.8 Å². The summed E-state index contributed by atoms with van der Waals surface area (Å²) in [6, 6.07) is 11.3. The first-order valence-electron chi connectivity index (χ1n) is 9.83. The third-order valence-electron chi connectivity index (χ3n) is 4.81. The van der Waals surface area contributed by atoms with E-state index in [1.165, 1.54) is 0 Å². The standard InChI is InChI=1S/C21H28ClN5O2/c1-3-23-21(25-13-19(28)15-6-4-7-17(12-15)29-2)26-16-9-11-27(14-16)20-18(22)8-5-10-24-20/h4-8,10,12,16,19,28H,3,9,11,13-14H2,1-2H3,(H2,23,25,26). The molecule has 0 amide bonds. The summed E-state index contributed by atoms with van der Waals surface area (Å²) in [4.78, 5) is 11.1. The Morgan fingerprint density at radius 2 is 2.28 bits per heavy atom. The molecular formula is C21H28ClN5O2. The van der Waals surface area contributed by atoms with Gasteiger partial charge in [-0.2, -0.15) is 0 Å². The summed E-state index contributed by atoms with van der Waals surface area (Å²) < 4.78 is 5.22. The van der Waals surface area contributed by atoms with Crippen molar-refractivity contribution >= 4 is 23.4 Å². The average Bonchev–Trinajstić information content (AvgIpc) is 3.20. The van der Waals surface area contributed by atoms with Gasteiger partial charge in [-0.1, -0.05) is 23.7 Å². The molecular weight excluding hydrogens is 390 g/mol. The smallest absolute Gasteiger partial charge is 0.191 e. The van der Waals surface area contributed by atoms with Gasteiger partial charge in [0, 0.05) is 31.9 Å². The summed E-state index contributed by atoms with van der Waals surface area (Å²) in [5.41, 5.74) is 0.779. The number of nitrogens with zero attached hydrogens (tertiary/aromatic N) is 3. The summed E-state index contributed by atoms with van der Waals surface area (Å²) in [5.74, 6) is 2.22. The Morgan fingerprint density at radius 1 is 1.41 bits per heavy atom. The van der Waals surface area contributed by atoms with Gasteiger partial charge < -0.3 is 25.4 Å². The van der Waals surface area contributed by atoms with Crippen LogP contribution in [-0.4, -0.2) is 55.4 Å². The zero-order valence-corrected chi connectivity index (χ0v) is 17.6. The van der Waals surface area contributed by atoms with Crippen molar-refractivity contribution in [1.29, 1.82) is 0 Å². The van der Waals surface area contributed by atoms with Crippen LogP contribution in [0.5, 0.6) is 5.75 Å². The van der Waals surface area contributed by atoms with Crippen molar-refractivity contribution in [3.05, 3.63) is 53.2 Å². The molecule has 8 heteroatoms. The highest BCUT2D eigenvalue weighted by Crippen LogP contribution is 2.25. The topological polar surface area (TPSA) is 82.0 Å². The number of methoxy groups -OCH3 is 1. The molecule has 1 aromatic heterocycles. The molecule has 2 aromatic rings. The van der Waals surface area contributed by atoms with Crippen LogP contribution in [0.1, 0.15) is 25.0 Å². The monoisotopic (exact) mass is 417 g/mol. The molecule has 156 valence electrons. The van der Waals surface area contributed by atoms with Crippen molar-refractivity contribution in [3.8, 4) is 5.75 Å². The normalized spacial score (nSPS) is 17.9. The van der Waals surface area contributed by atoms with Crippen LogP contribution >= 0.6 is 11.6 Å². The van der Waals surface area contributed by atoms with E-state index in [9.17, 15) is 5.11 Å². The molecule has 1 aliphatic heterocycles. The second-order valence-electron chi connectivity index (χ2n) is 6.90. The van der Waals surface area contributed by atoms with E-state index in [0.717, 1.165) is 43.2 Å². The molecule has 0 spiro atoms. The Kier molecular flexibility index (Phi) is 7.55. The second-order valence-corrected chi connectivity index (χ2v) is 7.30. The number of guanidine groups is 1. The quantitative estimate of drug-likeness (QED) is 0.474. The van der Waals surface area contributed by atoms with Crippen LogP contribution < -0.4 is 20.3 Å². The maximum Gasteiger partial charge on any atom is 0.191 e. The highest BCUT2D eigenvalue weighted by Gasteiger charge is 2.25. The van der Waals surface area contributed by atoms with Gasteiger partial charge in [0.2, 0.25) is 0 Å². The van der Waals surface area contributed by atoms with Crippen LogP contribution in [0.15, 0.2) is 47.6 Å². The van der Waals surface area contributed by atoms with Gasteiger partial charge in [-0.15, -0.1) is 0 Å². The van der Waals surface area contributed by atoms with E-state index in [0.29, 0.717) is 11.0 Å². The zero-order valence-electron chi connectivity index (χ0n) is 16.8. The third-order valence-corrected chi connectivity index (χ3v) is 5.11. The maximum absolute atomic E-state index is 10.5. The number of anilines is 1. The summed E-state index contributed by atoms with van der Waals surface area (Å²) in [7, 11) is 1.61. The predicted octanol–water partition coefficient (Wildman–Crippen LogP) is 2.61. The van der Waals surface area contributed by atoms with Crippen molar-refractivity contribution in [1.82, 2.24) is 15.6 Å². The molecule has 3 N–H and O–H groups in total. The molecule has 3 rings (SSSR count). The fourth-order valence-electron chi connectivity index (χ4n) is 3.33. The lowest BCUT2D eigenvalue weighted by Crippen LogP contribution is -2.44. The van der Waals surface area contributed by atoms with Crippen LogP contribution in [0.25, 0.3) is 0 Å². The van der Waals surface area contributed by atoms with Gasteiger partial charge in [-0.05, 0) is 43.2 Å². The molecule has 7 nitrogen and oxygen atoms in total. The Balaban J connectivity index is 1.60. The molecule has 0 aliphatic carbocycles. The molecule has 2 atom stereocenters. The van der Waals surface area contributed by atoms with E-state index < -0.39 is 6.10 Å². The van der Waals surface area contributed by atoms with Crippen LogP contribution in [-0.2, 0) is 0 Å². The zero-order chi connectivity index (χ0) is 20.6. The minimum Gasteiger partial charge on any atom is -0.497 e. The Hall–Kier alpha value is -2.51. The SMILES string of the molecule is CCNC(=NCC(O)c1cccc(OC)c1)NC1CCN(c2ncccc2Cl)C1. The molecule has 2 heterocycles. The molecule has 1 fully saturated rings. The third kappa shape index (κ3) is 5.74. The number of halogens is 1. The Bertz CT molecular complexity index is 832. The number of aromatic nitrogens is 1. The summed E-state index contributed by atoms with van der Waals surface area (Å²) in [5, 5.41) is 17.9. The minimum absolute atomic E-state index is 0.222. The van der Waals surface area contributed by atoms with Gasteiger partial charge in [0.25, 0.3) is 0 Å². The molecule has 0 radical (unpaired) electrons. The van der Waals surface area contributed by atoms with E-state index in [1.807, 2.05) is 43.3 Å². The van der Waals surface area contributed by atoms with E-state index in [2.05, 4.69) is 25.5 Å².